The molecule has 1 atom stereocenters. The largest absolute Gasteiger partial charge is 0.418 e. The van der Waals surface area contributed by atoms with Gasteiger partial charge in [-0.15, -0.1) is 5.10 Å². The van der Waals surface area contributed by atoms with Crippen LogP contribution in [0.2, 0.25) is 5.02 Å². The molecule has 3 aromatic rings. The zero-order chi connectivity index (χ0) is 33.9. The smallest absolute Gasteiger partial charge is 0.386 e. The van der Waals surface area contributed by atoms with Crippen LogP contribution in [0.5, 0.6) is 0 Å². The fourth-order valence-corrected chi connectivity index (χ4v) is 7.00. The van der Waals surface area contributed by atoms with Crippen molar-refractivity contribution in [3.8, 4) is 11.4 Å². The number of amides is 2. The van der Waals surface area contributed by atoms with E-state index in [0.717, 1.165) is 24.5 Å². The number of anilines is 1. The topological polar surface area (TPSA) is 107 Å². The molecule has 47 heavy (non-hydrogen) atoms. The highest BCUT2D eigenvalue weighted by atomic mass is 35.5. The Bertz CT molecular complexity index is 1610. The van der Waals surface area contributed by atoms with Gasteiger partial charge in [0.15, 0.2) is 5.82 Å². The van der Waals surface area contributed by atoms with Gasteiger partial charge in [-0.25, -0.2) is 9.48 Å². The lowest BCUT2D eigenvalue weighted by Gasteiger charge is -2.37. The van der Waals surface area contributed by atoms with Crippen LogP contribution in [0.4, 0.5) is 18.9 Å². The quantitative estimate of drug-likeness (QED) is 0.334. The molecule has 0 aliphatic carbocycles. The Balaban J connectivity index is 1.31. The first kappa shape index (κ1) is 34.5. The number of carbonyl (C=O) groups is 2. The summed E-state index contributed by atoms with van der Waals surface area (Å²) in [6, 6.07) is 11.9. The number of alkyl halides is 3. The van der Waals surface area contributed by atoms with Crippen LogP contribution in [0.25, 0.3) is 11.4 Å². The van der Waals surface area contributed by atoms with Crippen molar-refractivity contribution in [3.05, 3.63) is 69.1 Å². The summed E-state index contributed by atoms with van der Waals surface area (Å²) in [6.07, 6.45) is -2.34. The second kappa shape index (κ2) is 14.5. The maximum absolute atomic E-state index is 13.9. The Morgan fingerprint density at radius 3 is 2.28 bits per heavy atom. The van der Waals surface area contributed by atoms with Crippen molar-refractivity contribution in [2.45, 2.75) is 56.8 Å². The van der Waals surface area contributed by atoms with E-state index >= 15 is 0 Å². The molecule has 2 N–H and O–H groups in total. The number of carbonyl (C=O) groups excluding carboxylic acids is 2. The number of hydrogen-bond donors (Lipinski definition) is 2. The van der Waals surface area contributed by atoms with E-state index in [1.165, 1.54) is 17.8 Å². The molecule has 5 rings (SSSR count). The molecule has 254 valence electrons. The van der Waals surface area contributed by atoms with Gasteiger partial charge in [0, 0.05) is 51.3 Å². The summed E-state index contributed by atoms with van der Waals surface area (Å²) in [5.41, 5.74) is -0.442. The molecular weight excluding hydrogens is 635 g/mol. The molecule has 0 radical (unpaired) electrons. The van der Waals surface area contributed by atoms with E-state index in [4.69, 9.17) is 11.6 Å². The van der Waals surface area contributed by atoms with E-state index in [1.54, 1.807) is 9.80 Å². The highest BCUT2D eigenvalue weighted by Gasteiger charge is 2.37. The average Bonchev–Trinajstić information content (AvgIpc) is 3.45. The minimum Gasteiger partial charge on any atom is -0.386 e. The number of likely N-dealkylation sites (tertiary alicyclic amines) is 2. The third-order valence-electron chi connectivity index (χ3n) is 9.32. The Hall–Kier alpha value is -3.84. The summed E-state index contributed by atoms with van der Waals surface area (Å²) in [5.74, 6) is -0.889. The normalized spacial score (nSPS) is 17.3. The van der Waals surface area contributed by atoms with E-state index in [0.29, 0.717) is 50.9 Å². The van der Waals surface area contributed by atoms with E-state index in [-0.39, 0.29) is 52.7 Å². The van der Waals surface area contributed by atoms with E-state index in [9.17, 15) is 27.6 Å². The van der Waals surface area contributed by atoms with Gasteiger partial charge in [0.2, 0.25) is 11.8 Å². The van der Waals surface area contributed by atoms with Crippen LogP contribution in [0, 0.1) is 5.92 Å². The first-order chi connectivity index (χ1) is 22.3. The second-order valence-corrected chi connectivity index (χ2v) is 13.0. The minimum atomic E-state index is -4.66. The minimum absolute atomic E-state index is 0.0631. The maximum atomic E-state index is 13.9. The molecular formula is C33H41ClF3N7O3. The number of H-pyrrole nitrogens is 1. The molecule has 1 aromatic heterocycles. The third-order valence-corrected chi connectivity index (χ3v) is 9.61. The van der Waals surface area contributed by atoms with Gasteiger partial charge in [0.1, 0.15) is 0 Å². The summed E-state index contributed by atoms with van der Waals surface area (Å²) in [6.45, 7) is 1.74. The van der Waals surface area contributed by atoms with Gasteiger partial charge in [-0.05, 0) is 63.9 Å². The molecule has 2 aliphatic rings. The highest BCUT2D eigenvalue weighted by molar-refractivity contribution is 6.33. The zero-order valence-electron chi connectivity index (χ0n) is 26.8. The SMILES string of the molecule is CNc1c(Cl)cc(C[C@@H](CC(=O)N2CCC(n3nc(-c4ccccc4)[nH]c3=O)CC2)C(=O)N2CCC(N(C)C)CC2)cc1C(F)(F)F. The van der Waals surface area contributed by atoms with E-state index < -0.39 is 17.7 Å². The number of nitrogens with zero attached hydrogens (tertiary/aromatic N) is 5. The average molecular weight is 676 g/mol. The van der Waals surface area contributed by atoms with Gasteiger partial charge in [-0.2, -0.15) is 13.2 Å². The second-order valence-electron chi connectivity index (χ2n) is 12.6. The molecule has 2 aromatic carbocycles. The van der Waals surface area contributed by atoms with Gasteiger partial charge in [-0.1, -0.05) is 41.9 Å². The molecule has 2 aliphatic heterocycles. The zero-order valence-corrected chi connectivity index (χ0v) is 27.6. The van der Waals surface area contributed by atoms with Gasteiger partial charge in [0.25, 0.3) is 0 Å². The number of nitrogens with one attached hydrogen (secondary N) is 2. The van der Waals surface area contributed by atoms with Gasteiger partial charge < -0.3 is 20.0 Å². The molecule has 0 saturated carbocycles. The summed E-state index contributed by atoms with van der Waals surface area (Å²) in [5, 5.41) is 6.92. The number of hydrogen-bond acceptors (Lipinski definition) is 6. The highest BCUT2D eigenvalue weighted by Crippen LogP contribution is 2.40. The van der Waals surface area contributed by atoms with Crippen LogP contribution in [-0.4, -0.2) is 94.6 Å². The van der Waals surface area contributed by atoms with Crippen molar-refractivity contribution in [1.82, 2.24) is 29.5 Å². The van der Waals surface area contributed by atoms with Crippen molar-refractivity contribution in [2.24, 2.45) is 5.92 Å². The number of rotatable bonds is 9. The molecule has 0 spiro atoms. The molecule has 0 bridgehead atoms. The lowest BCUT2D eigenvalue weighted by molar-refractivity contribution is -0.143. The Kier molecular flexibility index (Phi) is 10.6. The third kappa shape index (κ3) is 8.01. The fraction of sp³-hybridized carbons (Fsp3) is 0.515. The summed E-state index contributed by atoms with van der Waals surface area (Å²) in [4.78, 5) is 48.6. The number of aromatic amines is 1. The van der Waals surface area contributed by atoms with Crippen LogP contribution < -0.4 is 11.0 Å². The summed E-state index contributed by atoms with van der Waals surface area (Å²) >= 11 is 6.27. The monoisotopic (exact) mass is 675 g/mol. The molecule has 14 heteroatoms. The molecule has 2 fully saturated rings. The van der Waals surface area contributed by atoms with Crippen LogP contribution in [0.15, 0.2) is 47.3 Å². The van der Waals surface area contributed by atoms with Crippen LogP contribution in [0.3, 0.4) is 0 Å². The molecule has 3 heterocycles. The standard InChI is InChI=1S/C33H41ClF3N7O3/c1-38-29-26(33(35,36)37)18-21(19-27(29)34)17-23(31(46)43-15-9-24(10-16-43)41(2)3)20-28(45)42-13-11-25(12-14-42)44-32(47)39-30(40-44)22-7-5-4-6-8-22/h4-8,18-19,23-25,38H,9-17,20H2,1-3H3,(H,39,40,47)/t23-/m0/s1. The fourth-order valence-electron chi connectivity index (χ4n) is 6.66. The van der Waals surface area contributed by atoms with E-state index in [1.807, 2.05) is 44.4 Å². The summed E-state index contributed by atoms with van der Waals surface area (Å²) < 4.78 is 43.2. The number of benzene rings is 2. The predicted molar refractivity (Wildman–Crippen MR) is 174 cm³/mol. The molecule has 0 unspecified atom stereocenters. The van der Waals surface area contributed by atoms with E-state index in [2.05, 4.69) is 20.3 Å². The lowest BCUT2D eigenvalue weighted by atomic mass is 9.91. The van der Waals surface area contributed by atoms with Crippen molar-refractivity contribution >= 4 is 29.1 Å². The summed E-state index contributed by atoms with van der Waals surface area (Å²) in [7, 11) is 5.36. The number of piperidine rings is 2. The Labute approximate surface area is 276 Å². The van der Waals surface area contributed by atoms with Crippen molar-refractivity contribution < 1.29 is 22.8 Å². The van der Waals surface area contributed by atoms with Gasteiger partial charge in [-0.3, -0.25) is 14.6 Å². The maximum Gasteiger partial charge on any atom is 0.418 e. The van der Waals surface area contributed by atoms with Crippen molar-refractivity contribution in [1.29, 1.82) is 0 Å². The van der Waals surface area contributed by atoms with Crippen molar-refractivity contribution in [2.75, 3.05) is 52.6 Å². The Morgan fingerprint density at radius 1 is 1.04 bits per heavy atom. The molecule has 2 saturated heterocycles. The first-order valence-corrected chi connectivity index (χ1v) is 16.3. The van der Waals surface area contributed by atoms with Gasteiger partial charge >= 0.3 is 11.9 Å². The van der Waals surface area contributed by atoms with Crippen LogP contribution in [-0.2, 0) is 22.2 Å². The molecule has 2 amide bonds. The Morgan fingerprint density at radius 2 is 1.68 bits per heavy atom. The first-order valence-electron chi connectivity index (χ1n) is 15.9. The number of aromatic nitrogens is 3. The lowest BCUT2D eigenvalue weighted by Crippen LogP contribution is -2.48. The van der Waals surface area contributed by atoms with Crippen molar-refractivity contribution in [3.63, 3.8) is 0 Å². The van der Waals surface area contributed by atoms with Crippen LogP contribution in [0.1, 0.15) is 49.3 Å². The van der Waals surface area contributed by atoms with Crippen LogP contribution >= 0.6 is 11.6 Å². The number of halogens is 4. The predicted octanol–water partition coefficient (Wildman–Crippen LogP) is 4.92. The molecule has 10 nitrogen and oxygen atoms in total. The van der Waals surface area contributed by atoms with Gasteiger partial charge in [0.05, 0.1) is 28.2 Å².